The third-order valence-electron chi connectivity index (χ3n) is 3.80. The Morgan fingerprint density at radius 1 is 0.889 bits per heavy atom. The zero-order valence-electron chi connectivity index (χ0n) is 13.4. The summed E-state index contributed by atoms with van der Waals surface area (Å²) in [6, 6.07) is 1.70. The van der Waals surface area contributed by atoms with Crippen LogP contribution in [0.25, 0.3) is 0 Å². The molecule has 0 amide bonds. The van der Waals surface area contributed by atoms with Crippen LogP contribution in [-0.4, -0.2) is 36.2 Å². The molecule has 1 atom stereocenters. The third-order valence-corrected chi connectivity index (χ3v) is 5.14. The smallest absolute Gasteiger partial charge is 0.285 e. The van der Waals surface area contributed by atoms with Crippen molar-refractivity contribution in [2.75, 3.05) is 0 Å². The average molecular weight is 432 g/mol. The van der Waals surface area contributed by atoms with Gasteiger partial charge in [0.25, 0.3) is 10.1 Å². The van der Waals surface area contributed by atoms with Gasteiger partial charge in [-0.15, -0.1) is 0 Å². The van der Waals surface area contributed by atoms with Gasteiger partial charge in [-0.1, -0.05) is 31.2 Å². The maximum atomic E-state index is 13.7. The summed E-state index contributed by atoms with van der Waals surface area (Å²) in [4.78, 5) is 0. The molecule has 1 aromatic rings. The summed E-state index contributed by atoms with van der Waals surface area (Å²) in [5.41, 5.74) is -1.87. The molecule has 0 saturated carbocycles. The first-order valence-corrected chi connectivity index (χ1v) is 8.65. The number of benzene rings is 1. The first-order chi connectivity index (χ1) is 11.9. The molecule has 13 heteroatoms. The summed E-state index contributed by atoms with van der Waals surface area (Å²) < 4.78 is 147. The van der Waals surface area contributed by atoms with Crippen LogP contribution < -0.4 is 0 Å². The molecule has 1 N–H and O–H groups in total. The molecule has 0 aliphatic rings. The van der Waals surface area contributed by atoms with Gasteiger partial charge in [0.05, 0.1) is 5.25 Å². The number of hydrogen-bond acceptors (Lipinski definition) is 2. The van der Waals surface area contributed by atoms with E-state index in [0.29, 0.717) is 12.1 Å². The van der Waals surface area contributed by atoms with Gasteiger partial charge in [-0.2, -0.15) is 47.9 Å². The first-order valence-electron chi connectivity index (χ1n) is 7.15. The Balaban J connectivity index is 3.23. The molecule has 0 aliphatic carbocycles. The summed E-state index contributed by atoms with van der Waals surface area (Å²) in [5.74, 6) is -19.7. The molecule has 1 rings (SSSR count). The average Bonchev–Trinajstić information content (AvgIpc) is 2.50. The lowest BCUT2D eigenvalue weighted by Crippen LogP contribution is -2.59. The van der Waals surface area contributed by atoms with Crippen LogP contribution in [0.5, 0.6) is 0 Å². The van der Waals surface area contributed by atoms with Crippen LogP contribution in [-0.2, 0) is 22.5 Å². The van der Waals surface area contributed by atoms with Gasteiger partial charge in [-0.25, -0.2) is 0 Å². The molecule has 3 nitrogen and oxygen atoms in total. The zero-order chi connectivity index (χ0) is 21.5. The van der Waals surface area contributed by atoms with Crippen LogP contribution >= 0.6 is 0 Å². The van der Waals surface area contributed by atoms with E-state index in [1.54, 1.807) is 0 Å². The van der Waals surface area contributed by atoms with E-state index in [9.17, 15) is 47.9 Å². The summed E-state index contributed by atoms with van der Waals surface area (Å²) in [6.07, 6.45) is -7.42. The fraction of sp³-hybridized carbons (Fsp3) is 0.571. The first kappa shape index (κ1) is 23.5. The Hall–Kier alpha value is -1.50. The van der Waals surface area contributed by atoms with Crippen LogP contribution in [0.4, 0.5) is 39.5 Å². The van der Waals surface area contributed by atoms with E-state index in [2.05, 4.69) is 0 Å². The minimum absolute atomic E-state index is 0.0510. The van der Waals surface area contributed by atoms with E-state index in [1.165, 1.54) is 6.92 Å². The highest BCUT2D eigenvalue weighted by Crippen LogP contribution is 2.56. The molecule has 156 valence electrons. The van der Waals surface area contributed by atoms with Gasteiger partial charge in [0.1, 0.15) is 0 Å². The van der Waals surface area contributed by atoms with E-state index in [1.807, 2.05) is 0 Å². The van der Waals surface area contributed by atoms with Gasteiger partial charge in [0.2, 0.25) is 0 Å². The van der Waals surface area contributed by atoms with E-state index < -0.39 is 51.3 Å². The predicted molar refractivity (Wildman–Crippen MR) is 75.6 cm³/mol. The van der Waals surface area contributed by atoms with Crippen LogP contribution in [0.2, 0.25) is 0 Å². The van der Waals surface area contributed by atoms with Crippen molar-refractivity contribution in [2.45, 2.75) is 49.0 Å². The lowest BCUT2D eigenvalue weighted by atomic mass is 9.95. The van der Waals surface area contributed by atoms with Crippen molar-refractivity contribution in [1.29, 1.82) is 0 Å². The minimum Gasteiger partial charge on any atom is -0.285 e. The van der Waals surface area contributed by atoms with Gasteiger partial charge in [0.15, 0.2) is 0 Å². The van der Waals surface area contributed by atoms with Gasteiger partial charge in [-0.05, 0) is 18.4 Å². The van der Waals surface area contributed by atoms with Crippen molar-refractivity contribution < 1.29 is 52.5 Å². The van der Waals surface area contributed by atoms with Crippen molar-refractivity contribution >= 4 is 10.1 Å². The Morgan fingerprint density at radius 2 is 1.33 bits per heavy atom. The highest BCUT2D eigenvalue weighted by molar-refractivity contribution is 7.86. The maximum absolute atomic E-state index is 13.7. The van der Waals surface area contributed by atoms with Crippen molar-refractivity contribution in [3.63, 3.8) is 0 Å². The van der Waals surface area contributed by atoms with Gasteiger partial charge in [0, 0.05) is 5.56 Å². The molecule has 0 heterocycles. The third kappa shape index (κ3) is 4.33. The van der Waals surface area contributed by atoms with Crippen molar-refractivity contribution in [3.8, 4) is 0 Å². The van der Waals surface area contributed by atoms with E-state index in [0.717, 1.165) is 0 Å². The molecule has 0 spiro atoms. The number of halogens is 9. The van der Waals surface area contributed by atoms with E-state index in [-0.39, 0.29) is 24.1 Å². The van der Waals surface area contributed by atoms with Crippen molar-refractivity contribution in [3.05, 3.63) is 35.4 Å². The second kappa shape index (κ2) is 7.15. The number of rotatable bonds is 7. The van der Waals surface area contributed by atoms with E-state index in [4.69, 9.17) is 4.55 Å². The maximum Gasteiger partial charge on any atom is 0.460 e. The summed E-state index contributed by atoms with van der Waals surface area (Å²) >= 11 is 0. The molecule has 0 fully saturated rings. The predicted octanol–water partition coefficient (Wildman–Crippen LogP) is 4.82. The second-order valence-electron chi connectivity index (χ2n) is 5.67. The van der Waals surface area contributed by atoms with Crippen molar-refractivity contribution in [1.82, 2.24) is 0 Å². The number of alkyl halides is 9. The molecule has 0 saturated heterocycles. The topological polar surface area (TPSA) is 54.4 Å². The van der Waals surface area contributed by atoms with E-state index >= 15 is 0 Å². The molecule has 1 unspecified atom stereocenters. The Labute approximate surface area is 147 Å². The quantitative estimate of drug-likeness (QED) is 0.497. The monoisotopic (exact) mass is 432 g/mol. The fourth-order valence-electron chi connectivity index (χ4n) is 2.13. The second-order valence-corrected chi connectivity index (χ2v) is 7.36. The highest BCUT2D eigenvalue weighted by Gasteiger charge is 2.81. The minimum atomic E-state index is -7.00. The molecular formula is C14H13F9O3S. The summed E-state index contributed by atoms with van der Waals surface area (Å²) in [7, 11) is -4.50. The lowest BCUT2D eigenvalue weighted by Gasteiger charge is -2.33. The summed E-state index contributed by atoms with van der Waals surface area (Å²) in [5, 5.41) is -1.35. The Morgan fingerprint density at radius 3 is 1.67 bits per heavy atom. The van der Waals surface area contributed by atoms with Crippen LogP contribution in [0.1, 0.15) is 24.5 Å². The molecular weight excluding hydrogens is 419 g/mol. The molecule has 1 aromatic carbocycles. The summed E-state index contributed by atoms with van der Waals surface area (Å²) in [6.45, 7) is 1.38. The van der Waals surface area contributed by atoms with Crippen LogP contribution in [0.15, 0.2) is 24.3 Å². The fourth-order valence-corrected chi connectivity index (χ4v) is 2.95. The molecule has 0 aromatic heterocycles. The van der Waals surface area contributed by atoms with Crippen LogP contribution in [0.3, 0.4) is 0 Å². The molecule has 27 heavy (non-hydrogen) atoms. The molecule has 0 aliphatic heterocycles. The van der Waals surface area contributed by atoms with Crippen molar-refractivity contribution in [2.24, 2.45) is 0 Å². The molecule has 0 bridgehead atoms. The Kier molecular flexibility index (Phi) is 6.23. The van der Waals surface area contributed by atoms with Gasteiger partial charge in [-0.3, -0.25) is 4.55 Å². The largest absolute Gasteiger partial charge is 0.460 e. The van der Waals surface area contributed by atoms with Crippen LogP contribution in [0, 0.1) is 0 Å². The van der Waals surface area contributed by atoms with Gasteiger partial charge >= 0.3 is 23.9 Å². The number of hydrogen-bond donors (Lipinski definition) is 1. The SMILES string of the molecule is CCC(Cc1ccc(C(F)(F)C(F)(F)C(F)(F)C(F)(F)F)cc1)S(=O)(=O)O. The zero-order valence-corrected chi connectivity index (χ0v) is 14.2. The normalized spacial score (nSPS) is 15.7. The lowest BCUT2D eigenvalue weighted by molar-refractivity contribution is -0.399. The molecule has 0 radical (unpaired) electrons. The highest BCUT2D eigenvalue weighted by atomic mass is 32.2. The Bertz CT molecular complexity index is 755. The van der Waals surface area contributed by atoms with Gasteiger partial charge < -0.3 is 0 Å². The standard InChI is InChI=1S/C14H13F9O3S/c1-2-10(27(24,25)26)7-8-3-5-9(6-4-8)11(15,16)12(17,18)13(19,20)14(21,22)23/h3-6,10H,2,7H2,1H3,(H,24,25,26).